The molecule has 2 heterocycles. The minimum absolute atomic E-state index is 0.156. The molecule has 3 aromatic rings. The number of amides is 1. The Morgan fingerprint density at radius 1 is 0.975 bits per heavy atom. The van der Waals surface area contributed by atoms with Crippen LogP contribution in [0.15, 0.2) is 51.7 Å². The maximum absolute atomic E-state index is 12.9. The molecule has 0 saturated carbocycles. The van der Waals surface area contributed by atoms with E-state index in [4.69, 9.17) is 13.9 Å². The fraction of sp³-hybridized carbons (Fsp3) is 0.370. The predicted octanol–water partition coefficient (Wildman–Crippen LogP) is 0.371. The highest BCUT2D eigenvalue weighted by atomic mass is 16.7. The Hall–Kier alpha value is -4.17. The molecule has 6 atom stereocenters. The van der Waals surface area contributed by atoms with Gasteiger partial charge in [-0.3, -0.25) is 9.59 Å². The van der Waals surface area contributed by atoms with Crippen LogP contribution in [0, 0.1) is 5.92 Å². The lowest BCUT2D eigenvalue weighted by Gasteiger charge is -2.39. The highest BCUT2D eigenvalue weighted by molar-refractivity contribution is 5.89. The van der Waals surface area contributed by atoms with E-state index in [9.17, 15) is 39.9 Å². The van der Waals surface area contributed by atoms with E-state index in [-0.39, 0.29) is 16.7 Å². The summed E-state index contributed by atoms with van der Waals surface area (Å²) in [5.41, 5.74) is -0.288. The second-order valence-corrected chi connectivity index (χ2v) is 9.55. The number of rotatable bonds is 7. The van der Waals surface area contributed by atoms with E-state index < -0.39 is 77.2 Å². The zero-order valence-corrected chi connectivity index (χ0v) is 21.7. The summed E-state index contributed by atoms with van der Waals surface area (Å²) >= 11 is 0. The summed E-state index contributed by atoms with van der Waals surface area (Å²) in [4.78, 5) is 37.7. The van der Waals surface area contributed by atoms with Gasteiger partial charge in [0.05, 0.1) is 7.11 Å². The summed E-state index contributed by atoms with van der Waals surface area (Å²) in [6.07, 6.45) is -9.50. The van der Waals surface area contributed by atoms with Crippen molar-refractivity contribution in [1.29, 1.82) is 0 Å². The van der Waals surface area contributed by atoms with Crippen molar-refractivity contribution < 1.29 is 53.7 Å². The van der Waals surface area contributed by atoms with Crippen LogP contribution in [0.2, 0.25) is 0 Å². The zero-order chi connectivity index (χ0) is 29.3. The summed E-state index contributed by atoms with van der Waals surface area (Å²) in [6, 6.07) is 9.70. The van der Waals surface area contributed by atoms with Crippen molar-refractivity contribution in [3.63, 3.8) is 0 Å². The van der Waals surface area contributed by atoms with Gasteiger partial charge in [0.1, 0.15) is 41.1 Å². The van der Waals surface area contributed by atoms with Crippen molar-refractivity contribution in [1.82, 2.24) is 5.32 Å². The number of nitrogens with one attached hydrogen (secondary N) is 1. The van der Waals surface area contributed by atoms with Crippen molar-refractivity contribution >= 4 is 22.8 Å². The number of aliphatic hydroxyl groups excluding tert-OH is 3. The number of hydrogen-bond donors (Lipinski definition) is 6. The van der Waals surface area contributed by atoms with Gasteiger partial charge in [0.2, 0.25) is 12.0 Å². The van der Waals surface area contributed by atoms with Crippen LogP contribution in [0.25, 0.3) is 22.3 Å². The van der Waals surface area contributed by atoms with Crippen molar-refractivity contribution in [2.75, 3.05) is 7.11 Å². The molecule has 1 aromatic heterocycles. The van der Waals surface area contributed by atoms with Crippen LogP contribution in [-0.4, -0.2) is 81.3 Å². The molecule has 0 radical (unpaired) electrons. The molecule has 1 aliphatic heterocycles. The molecule has 4 unspecified atom stereocenters. The maximum atomic E-state index is 12.9. The first-order valence-electron chi connectivity index (χ1n) is 12.3. The monoisotopic (exact) mass is 559 g/mol. The van der Waals surface area contributed by atoms with Gasteiger partial charge in [0, 0.05) is 17.7 Å². The Kier molecular flexibility index (Phi) is 8.30. The molecule has 13 heteroatoms. The Labute approximate surface area is 227 Å². The topological polar surface area (TPSA) is 205 Å². The van der Waals surface area contributed by atoms with Crippen LogP contribution in [0.1, 0.15) is 13.8 Å². The average molecular weight is 560 g/mol. The van der Waals surface area contributed by atoms with Gasteiger partial charge in [0.15, 0.2) is 23.0 Å². The van der Waals surface area contributed by atoms with Gasteiger partial charge in [-0.2, -0.15) is 0 Å². The summed E-state index contributed by atoms with van der Waals surface area (Å²) in [5, 5.41) is 54.4. The molecule has 1 amide bonds. The minimum atomic E-state index is -1.95. The molecule has 0 spiro atoms. The molecular formula is C27H29NO12. The number of aromatic hydroxyl groups is 2. The summed E-state index contributed by atoms with van der Waals surface area (Å²) < 4.78 is 21.4. The maximum Gasteiger partial charge on any atom is 0.328 e. The number of ether oxygens (including phenoxy) is 3. The SMILES string of the molecule is COC(=O)C(NC(=O)C1O[C@@H](Oc2cc3oc(-c4ccccc4)cc(=O)c3c(O)c2O)C(O)C(O)[C@H]1O)C(C)C. The van der Waals surface area contributed by atoms with Gasteiger partial charge >= 0.3 is 5.97 Å². The van der Waals surface area contributed by atoms with Crippen LogP contribution >= 0.6 is 0 Å². The molecule has 0 aliphatic carbocycles. The van der Waals surface area contributed by atoms with E-state index in [1.54, 1.807) is 44.2 Å². The Morgan fingerprint density at radius 2 is 1.65 bits per heavy atom. The normalized spacial score (nSPS) is 23.5. The van der Waals surface area contributed by atoms with Crippen LogP contribution in [-0.2, 0) is 19.1 Å². The number of phenolic OH excluding ortho intramolecular Hbond substituents is 2. The number of aliphatic hydroxyl groups is 3. The second kappa shape index (κ2) is 11.5. The fourth-order valence-electron chi connectivity index (χ4n) is 4.25. The van der Waals surface area contributed by atoms with Crippen LogP contribution in [0.4, 0.5) is 0 Å². The van der Waals surface area contributed by atoms with Crippen molar-refractivity contribution in [2.24, 2.45) is 5.92 Å². The Bertz CT molecular complexity index is 1450. The molecule has 214 valence electrons. The first-order valence-corrected chi connectivity index (χ1v) is 12.3. The third-order valence-corrected chi connectivity index (χ3v) is 6.48. The largest absolute Gasteiger partial charge is 0.504 e. The number of carbonyl (C=O) groups is 2. The highest BCUT2D eigenvalue weighted by Gasteiger charge is 2.49. The molecule has 6 N–H and O–H groups in total. The van der Waals surface area contributed by atoms with E-state index in [1.165, 1.54) is 0 Å². The first kappa shape index (κ1) is 28.8. The lowest BCUT2D eigenvalue weighted by molar-refractivity contribution is -0.267. The quantitative estimate of drug-likeness (QED) is 0.172. The van der Waals surface area contributed by atoms with Crippen molar-refractivity contribution in [3.05, 3.63) is 52.7 Å². The third-order valence-electron chi connectivity index (χ3n) is 6.48. The molecule has 40 heavy (non-hydrogen) atoms. The lowest BCUT2D eigenvalue weighted by atomic mass is 9.97. The smallest absolute Gasteiger partial charge is 0.328 e. The number of esters is 1. The summed E-state index contributed by atoms with van der Waals surface area (Å²) in [5.74, 6) is -4.33. The first-order chi connectivity index (χ1) is 18.9. The second-order valence-electron chi connectivity index (χ2n) is 9.55. The zero-order valence-electron chi connectivity index (χ0n) is 21.7. The molecule has 1 fully saturated rings. The van der Waals surface area contributed by atoms with Gasteiger partial charge < -0.3 is 49.5 Å². The summed E-state index contributed by atoms with van der Waals surface area (Å²) in [6.45, 7) is 3.28. The van der Waals surface area contributed by atoms with Crippen molar-refractivity contribution in [3.8, 4) is 28.6 Å². The van der Waals surface area contributed by atoms with Gasteiger partial charge in [-0.1, -0.05) is 44.2 Å². The number of carbonyl (C=O) groups excluding carboxylic acids is 2. The predicted molar refractivity (Wildman–Crippen MR) is 137 cm³/mol. The lowest BCUT2D eigenvalue weighted by Crippen LogP contribution is -2.64. The summed E-state index contributed by atoms with van der Waals surface area (Å²) in [7, 11) is 1.14. The van der Waals surface area contributed by atoms with E-state index in [1.807, 2.05) is 0 Å². The van der Waals surface area contributed by atoms with E-state index in [2.05, 4.69) is 10.1 Å². The fourth-order valence-corrected chi connectivity index (χ4v) is 4.25. The molecular weight excluding hydrogens is 530 g/mol. The number of hydrogen-bond acceptors (Lipinski definition) is 12. The van der Waals surface area contributed by atoms with Crippen LogP contribution in [0.5, 0.6) is 17.2 Å². The molecule has 0 bridgehead atoms. The highest BCUT2D eigenvalue weighted by Crippen LogP contribution is 2.42. The van der Waals surface area contributed by atoms with Crippen LogP contribution in [0.3, 0.4) is 0 Å². The Balaban J connectivity index is 1.66. The van der Waals surface area contributed by atoms with Crippen LogP contribution < -0.4 is 15.5 Å². The van der Waals surface area contributed by atoms with Gasteiger partial charge in [-0.05, 0) is 5.92 Å². The van der Waals surface area contributed by atoms with Gasteiger partial charge in [-0.15, -0.1) is 0 Å². The van der Waals surface area contributed by atoms with Gasteiger partial charge in [0.25, 0.3) is 5.91 Å². The van der Waals surface area contributed by atoms with E-state index in [0.29, 0.717) is 5.56 Å². The minimum Gasteiger partial charge on any atom is -0.504 e. The molecule has 2 aromatic carbocycles. The number of benzene rings is 2. The molecule has 1 saturated heterocycles. The molecule has 13 nitrogen and oxygen atoms in total. The number of fused-ring (bicyclic) bond motifs is 1. The number of methoxy groups -OCH3 is 1. The van der Waals surface area contributed by atoms with E-state index >= 15 is 0 Å². The van der Waals surface area contributed by atoms with Crippen molar-refractivity contribution in [2.45, 2.75) is 50.6 Å². The average Bonchev–Trinajstić information content (AvgIpc) is 2.93. The number of phenols is 2. The standard InChI is InChI=1S/C27H29NO12/c1-11(2)18(26(36)37-3)28-25(35)24-22(33)21(32)23(34)27(40-24)39-16-10-15-17(20(31)19(16)30)13(29)9-14(38-15)12-7-5-4-6-8-12/h4-11,18,21-24,27,30-34H,1-3H3,(H,28,35)/t18?,21?,22-,23?,24?,27-/m1/s1. The Morgan fingerprint density at radius 3 is 2.27 bits per heavy atom. The molecule has 4 rings (SSSR count). The third kappa shape index (κ3) is 5.45. The van der Waals surface area contributed by atoms with Gasteiger partial charge in [-0.25, -0.2) is 4.79 Å². The van der Waals surface area contributed by atoms with E-state index in [0.717, 1.165) is 19.2 Å². The molecule has 1 aliphatic rings.